The van der Waals surface area contributed by atoms with Crippen LogP contribution < -0.4 is 15.0 Å². The molecule has 0 spiro atoms. The number of ether oxygens (including phenoxy) is 2. The molecular formula is C30H34N8O4. The van der Waals surface area contributed by atoms with Gasteiger partial charge < -0.3 is 29.7 Å². The van der Waals surface area contributed by atoms with Crippen LogP contribution in [-0.4, -0.2) is 107 Å². The summed E-state index contributed by atoms with van der Waals surface area (Å²) in [5.41, 5.74) is 2.91. The molecule has 2 N–H and O–H groups in total. The smallest absolute Gasteiger partial charge is 0.251 e. The summed E-state index contributed by atoms with van der Waals surface area (Å²) in [5, 5.41) is 22.4. The summed E-state index contributed by atoms with van der Waals surface area (Å²) in [4.78, 5) is 31.8. The van der Waals surface area contributed by atoms with E-state index < -0.39 is 6.10 Å². The van der Waals surface area contributed by atoms with Crippen LogP contribution in [0.4, 0.5) is 17.5 Å². The Balaban J connectivity index is 1.04. The SMILES string of the molecule is C[C@@H](O)C(=O)N1CC(COc2ccc(-c3ccnc(Nc4ccc(N5CCN(C6COC6)CC5)cn4)n3)cc2C#N)C1. The second kappa shape index (κ2) is 12.3. The Hall–Kier alpha value is -4.31. The van der Waals surface area contributed by atoms with Crippen LogP contribution in [0.25, 0.3) is 11.3 Å². The first kappa shape index (κ1) is 27.8. The largest absolute Gasteiger partial charge is 0.492 e. The Morgan fingerprint density at radius 2 is 1.98 bits per heavy atom. The number of aromatic nitrogens is 3. The first-order chi connectivity index (χ1) is 20.5. The van der Waals surface area contributed by atoms with Gasteiger partial charge in [0.05, 0.1) is 49.0 Å². The third kappa shape index (κ3) is 6.13. The van der Waals surface area contributed by atoms with Crippen LogP contribution >= 0.6 is 0 Å². The van der Waals surface area contributed by atoms with Crippen molar-refractivity contribution in [3.05, 3.63) is 54.4 Å². The van der Waals surface area contributed by atoms with Gasteiger partial charge in [-0.15, -0.1) is 0 Å². The van der Waals surface area contributed by atoms with Crippen LogP contribution in [0, 0.1) is 17.2 Å². The lowest BCUT2D eigenvalue weighted by atomic mass is 10.0. The van der Waals surface area contributed by atoms with Crippen LogP contribution in [0.2, 0.25) is 0 Å². The van der Waals surface area contributed by atoms with E-state index in [4.69, 9.17) is 9.47 Å². The number of piperazine rings is 1. The number of aliphatic hydroxyl groups is 1. The number of nitriles is 1. The van der Waals surface area contributed by atoms with E-state index in [0.29, 0.717) is 54.5 Å². The molecule has 12 heteroatoms. The highest BCUT2D eigenvalue weighted by Crippen LogP contribution is 2.28. The summed E-state index contributed by atoms with van der Waals surface area (Å²) in [5.74, 6) is 1.42. The van der Waals surface area contributed by atoms with E-state index in [-0.39, 0.29) is 11.8 Å². The van der Waals surface area contributed by atoms with Gasteiger partial charge in [-0.3, -0.25) is 9.69 Å². The Kier molecular flexibility index (Phi) is 8.14. The molecule has 1 atom stereocenters. The molecule has 218 valence electrons. The molecule has 3 saturated heterocycles. The van der Waals surface area contributed by atoms with E-state index in [2.05, 4.69) is 42.2 Å². The average molecular weight is 571 g/mol. The lowest BCUT2D eigenvalue weighted by Crippen LogP contribution is -2.56. The molecule has 12 nitrogen and oxygen atoms in total. The summed E-state index contributed by atoms with van der Waals surface area (Å²) >= 11 is 0. The van der Waals surface area contributed by atoms with E-state index in [1.54, 1.807) is 29.3 Å². The summed E-state index contributed by atoms with van der Waals surface area (Å²) in [6, 6.07) is 13.9. The maximum Gasteiger partial charge on any atom is 0.251 e. The third-order valence-electron chi connectivity index (χ3n) is 7.96. The molecule has 1 amide bonds. The fraction of sp³-hybridized carbons (Fsp3) is 0.433. The number of pyridine rings is 1. The van der Waals surface area contributed by atoms with Crippen LogP contribution in [0.15, 0.2) is 48.8 Å². The highest BCUT2D eigenvalue weighted by Gasteiger charge is 2.33. The van der Waals surface area contributed by atoms with Gasteiger partial charge >= 0.3 is 0 Å². The Bertz CT molecular complexity index is 1440. The second-order valence-electron chi connectivity index (χ2n) is 10.9. The van der Waals surface area contributed by atoms with Gasteiger partial charge in [0, 0.05) is 56.9 Å². The number of nitrogens with one attached hydrogen (secondary N) is 1. The minimum Gasteiger partial charge on any atom is -0.492 e. The van der Waals surface area contributed by atoms with E-state index in [0.717, 1.165) is 50.6 Å². The van der Waals surface area contributed by atoms with Crippen molar-refractivity contribution in [1.29, 1.82) is 5.26 Å². The maximum atomic E-state index is 11.8. The molecule has 2 aromatic heterocycles. The molecule has 1 aromatic carbocycles. The molecule has 6 rings (SSSR count). The number of aliphatic hydroxyl groups excluding tert-OH is 1. The molecule has 3 fully saturated rings. The fourth-order valence-electron chi connectivity index (χ4n) is 5.35. The van der Waals surface area contributed by atoms with Gasteiger partial charge in [0.2, 0.25) is 5.95 Å². The Labute approximate surface area is 244 Å². The molecule has 42 heavy (non-hydrogen) atoms. The number of hydrogen-bond donors (Lipinski definition) is 2. The first-order valence-corrected chi connectivity index (χ1v) is 14.2. The maximum absolute atomic E-state index is 11.8. The molecule has 5 heterocycles. The minimum atomic E-state index is -0.997. The van der Waals surface area contributed by atoms with Gasteiger partial charge in [0.25, 0.3) is 5.91 Å². The minimum absolute atomic E-state index is 0.162. The Morgan fingerprint density at radius 1 is 1.17 bits per heavy atom. The number of carbonyl (C=O) groups excluding carboxylic acids is 1. The molecule has 0 saturated carbocycles. The number of nitrogens with zero attached hydrogens (tertiary/aromatic N) is 7. The molecule has 3 aromatic rings. The van der Waals surface area contributed by atoms with Gasteiger partial charge in [-0.1, -0.05) is 0 Å². The molecule has 0 radical (unpaired) electrons. The highest BCUT2D eigenvalue weighted by atomic mass is 16.5. The predicted molar refractivity (Wildman–Crippen MR) is 155 cm³/mol. The number of rotatable bonds is 9. The predicted octanol–water partition coefficient (Wildman–Crippen LogP) is 1.89. The van der Waals surface area contributed by atoms with E-state index in [1.807, 2.05) is 18.3 Å². The molecule has 0 unspecified atom stereocenters. The van der Waals surface area contributed by atoms with Gasteiger partial charge in [0.1, 0.15) is 23.7 Å². The molecule has 0 aliphatic carbocycles. The molecule has 3 aliphatic rings. The number of likely N-dealkylation sites (tertiary alicyclic amines) is 1. The van der Waals surface area contributed by atoms with Crippen molar-refractivity contribution in [1.82, 2.24) is 24.8 Å². The number of benzene rings is 1. The third-order valence-corrected chi connectivity index (χ3v) is 7.96. The van der Waals surface area contributed by atoms with Crippen LogP contribution in [0.1, 0.15) is 12.5 Å². The quantitative estimate of drug-likeness (QED) is 0.390. The summed E-state index contributed by atoms with van der Waals surface area (Å²) in [6.07, 6.45) is 2.54. The fourth-order valence-corrected chi connectivity index (χ4v) is 5.35. The van der Waals surface area contributed by atoms with Crippen molar-refractivity contribution in [3.8, 4) is 23.1 Å². The lowest BCUT2D eigenvalue weighted by Gasteiger charge is -2.43. The number of carbonyl (C=O) groups is 1. The van der Waals surface area contributed by atoms with Crippen molar-refractivity contribution in [2.24, 2.45) is 5.92 Å². The zero-order chi connectivity index (χ0) is 29.1. The van der Waals surface area contributed by atoms with Gasteiger partial charge in [-0.2, -0.15) is 5.26 Å². The van der Waals surface area contributed by atoms with Gasteiger partial charge in [-0.25, -0.2) is 15.0 Å². The summed E-state index contributed by atoms with van der Waals surface area (Å²) in [7, 11) is 0. The van der Waals surface area contributed by atoms with E-state index in [1.165, 1.54) is 6.92 Å². The van der Waals surface area contributed by atoms with Crippen LogP contribution in [-0.2, 0) is 9.53 Å². The van der Waals surface area contributed by atoms with Crippen molar-refractivity contribution < 1.29 is 19.4 Å². The van der Waals surface area contributed by atoms with Crippen molar-refractivity contribution >= 4 is 23.4 Å². The van der Waals surface area contributed by atoms with Crippen LogP contribution in [0.3, 0.4) is 0 Å². The summed E-state index contributed by atoms with van der Waals surface area (Å²) < 4.78 is 11.2. The number of anilines is 3. The van der Waals surface area contributed by atoms with Crippen molar-refractivity contribution in [2.75, 3.05) is 69.3 Å². The zero-order valence-electron chi connectivity index (χ0n) is 23.5. The second-order valence-corrected chi connectivity index (χ2v) is 10.9. The normalized spacial score (nSPS) is 18.5. The standard InChI is InChI=1S/C30H34N8O4/c1-20(39)29(40)38-15-21(16-38)17-42-27-4-2-22(12-23(27)13-31)26-6-7-32-30(34-26)35-28-5-3-24(14-33-28)36-8-10-37(11-9-36)25-18-41-19-25/h2-7,12,14,20-21,25,39H,8-11,15-19H2,1H3,(H,32,33,34,35)/t20-/m1/s1. The topological polar surface area (TPSA) is 140 Å². The monoisotopic (exact) mass is 570 g/mol. The Morgan fingerprint density at radius 3 is 2.64 bits per heavy atom. The zero-order valence-corrected chi connectivity index (χ0v) is 23.5. The molecule has 3 aliphatic heterocycles. The van der Waals surface area contributed by atoms with E-state index >= 15 is 0 Å². The van der Waals surface area contributed by atoms with Crippen molar-refractivity contribution in [2.45, 2.75) is 19.1 Å². The highest BCUT2D eigenvalue weighted by molar-refractivity contribution is 5.81. The van der Waals surface area contributed by atoms with Crippen LogP contribution in [0.5, 0.6) is 5.75 Å². The average Bonchev–Trinajstić information content (AvgIpc) is 2.96. The summed E-state index contributed by atoms with van der Waals surface area (Å²) in [6.45, 7) is 8.61. The number of amides is 1. The number of hydrogen-bond acceptors (Lipinski definition) is 11. The van der Waals surface area contributed by atoms with Gasteiger partial charge in [0.15, 0.2) is 0 Å². The van der Waals surface area contributed by atoms with Crippen molar-refractivity contribution in [3.63, 3.8) is 0 Å². The van der Waals surface area contributed by atoms with Gasteiger partial charge in [-0.05, 0) is 43.3 Å². The lowest BCUT2D eigenvalue weighted by molar-refractivity contribution is -0.146. The first-order valence-electron chi connectivity index (χ1n) is 14.2. The molecular weight excluding hydrogens is 536 g/mol. The van der Waals surface area contributed by atoms with E-state index in [9.17, 15) is 15.2 Å². The molecule has 0 bridgehead atoms.